The molecular weight excluding hydrogens is 204 g/mol. The zero-order valence-electron chi connectivity index (χ0n) is 8.38. The first-order valence-electron chi connectivity index (χ1n) is 4.30. The first-order valence-corrected chi connectivity index (χ1v) is 4.30. The Morgan fingerprint density at radius 1 is 1.40 bits per heavy atom. The number of ether oxygens (including phenoxy) is 1. The van der Waals surface area contributed by atoms with Gasteiger partial charge in [-0.3, -0.25) is 0 Å². The molecule has 1 rings (SSSR count). The van der Waals surface area contributed by atoms with Crippen molar-refractivity contribution in [3.05, 3.63) is 35.4 Å². The minimum absolute atomic E-state index is 0.327. The van der Waals surface area contributed by atoms with Crippen molar-refractivity contribution in [3.63, 3.8) is 0 Å². The summed E-state index contributed by atoms with van der Waals surface area (Å²) in [7, 11) is 2.58. The lowest BCUT2D eigenvalue weighted by atomic mass is 10.1. The Balaban J connectivity index is 3.17. The molecule has 0 fully saturated rings. The third-order valence-corrected chi connectivity index (χ3v) is 2.01. The average Bonchev–Trinajstić information content (AvgIpc) is 2.22. The van der Waals surface area contributed by atoms with Crippen molar-refractivity contribution in [2.75, 3.05) is 14.2 Å². The van der Waals surface area contributed by atoms with Gasteiger partial charge in [-0.2, -0.15) is 0 Å². The Bertz CT molecular complexity index is 348. The molecule has 5 heteroatoms. The van der Waals surface area contributed by atoms with Crippen LogP contribution in [0.15, 0.2) is 18.2 Å². The lowest BCUT2D eigenvalue weighted by Gasteiger charge is -2.15. The molecule has 0 bridgehead atoms. The number of methoxy groups -OCH3 is 1. The summed E-state index contributed by atoms with van der Waals surface area (Å²) in [6, 6.07) is 2.28. The van der Waals surface area contributed by atoms with Crippen LogP contribution in [0.5, 0.6) is 0 Å². The molecule has 15 heavy (non-hydrogen) atoms. The van der Waals surface area contributed by atoms with Gasteiger partial charge < -0.3 is 10.1 Å². The summed E-state index contributed by atoms with van der Waals surface area (Å²) in [6.07, 6.45) is 0. The Morgan fingerprint density at radius 3 is 2.33 bits per heavy atom. The summed E-state index contributed by atoms with van der Waals surface area (Å²) in [5.74, 6) is -2.29. The highest BCUT2D eigenvalue weighted by molar-refractivity contribution is 5.77. The zero-order chi connectivity index (χ0) is 11.4. The maximum atomic E-state index is 13.3. The van der Waals surface area contributed by atoms with E-state index in [9.17, 15) is 13.6 Å². The maximum absolute atomic E-state index is 13.3. The predicted molar refractivity (Wildman–Crippen MR) is 50.2 cm³/mol. The van der Waals surface area contributed by atoms with E-state index in [-0.39, 0.29) is 5.56 Å². The summed E-state index contributed by atoms with van der Waals surface area (Å²) >= 11 is 0. The van der Waals surface area contributed by atoms with E-state index >= 15 is 0 Å². The summed E-state index contributed by atoms with van der Waals surface area (Å²) in [6.45, 7) is 0. The van der Waals surface area contributed by atoms with E-state index in [0.717, 1.165) is 19.2 Å². The molecule has 1 aromatic rings. The van der Waals surface area contributed by atoms with Gasteiger partial charge in [0, 0.05) is 0 Å². The van der Waals surface area contributed by atoms with Gasteiger partial charge in [-0.1, -0.05) is 6.07 Å². The quantitative estimate of drug-likeness (QED) is 0.774. The van der Waals surface area contributed by atoms with E-state index in [0.29, 0.717) is 0 Å². The van der Waals surface area contributed by atoms with Crippen LogP contribution in [0, 0.1) is 11.6 Å². The number of esters is 1. The highest BCUT2D eigenvalue weighted by Crippen LogP contribution is 2.21. The second-order valence-electron chi connectivity index (χ2n) is 2.88. The number of nitrogens with one attached hydrogen (secondary N) is 1. The maximum Gasteiger partial charge on any atom is 0.327 e. The number of hydrogen-bond acceptors (Lipinski definition) is 3. The lowest BCUT2D eigenvalue weighted by molar-refractivity contribution is -0.143. The monoisotopic (exact) mass is 215 g/mol. The fourth-order valence-corrected chi connectivity index (χ4v) is 1.28. The molecule has 0 aliphatic carbocycles. The lowest BCUT2D eigenvalue weighted by Crippen LogP contribution is -2.28. The van der Waals surface area contributed by atoms with Gasteiger partial charge in [0.25, 0.3) is 0 Å². The van der Waals surface area contributed by atoms with Gasteiger partial charge in [-0.15, -0.1) is 0 Å². The molecule has 0 saturated carbocycles. The molecule has 0 aliphatic heterocycles. The van der Waals surface area contributed by atoms with Crippen LogP contribution in [0.25, 0.3) is 0 Å². The summed E-state index contributed by atoms with van der Waals surface area (Å²) in [5.41, 5.74) is -0.327. The Morgan fingerprint density at radius 2 is 1.93 bits per heavy atom. The minimum atomic E-state index is -1.13. The van der Waals surface area contributed by atoms with Gasteiger partial charge in [0.2, 0.25) is 0 Å². The van der Waals surface area contributed by atoms with Crippen LogP contribution < -0.4 is 5.32 Å². The Hall–Kier alpha value is -1.49. The zero-order valence-corrected chi connectivity index (χ0v) is 8.38. The fourth-order valence-electron chi connectivity index (χ4n) is 1.28. The van der Waals surface area contributed by atoms with E-state index in [1.807, 2.05) is 0 Å². The standard InChI is InChI=1S/C10H11F2NO2/c1-13-9(10(14)15-2)8-6(11)4-3-5-7(8)12/h3-5,9,13H,1-2H3. The van der Waals surface area contributed by atoms with E-state index in [4.69, 9.17) is 0 Å². The molecule has 0 spiro atoms. The number of rotatable bonds is 3. The van der Waals surface area contributed by atoms with Gasteiger partial charge in [0.05, 0.1) is 12.7 Å². The third-order valence-electron chi connectivity index (χ3n) is 2.01. The van der Waals surface area contributed by atoms with Crippen LogP contribution in [-0.2, 0) is 9.53 Å². The van der Waals surface area contributed by atoms with Crippen molar-refractivity contribution in [3.8, 4) is 0 Å². The Kier molecular flexibility index (Phi) is 3.74. The minimum Gasteiger partial charge on any atom is -0.468 e. The van der Waals surface area contributed by atoms with Crippen molar-refractivity contribution < 1.29 is 18.3 Å². The molecule has 82 valence electrons. The molecule has 0 saturated heterocycles. The van der Waals surface area contributed by atoms with E-state index < -0.39 is 23.6 Å². The molecular formula is C10H11F2NO2. The van der Waals surface area contributed by atoms with Crippen LogP contribution >= 0.6 is 0 Å². The van der Waals surface area contributed by atoms with E-state index in [1.54, 1.807) is 0 Å². The third kappa shape index (κ3) is 2.30. The van der Waals surface area contributed by atoms with Crippen molar-refractivity contribution in [2.45, 2.75) is 6.04 Å². The molecule has 1 atom stereocenters. The number of hydrogen-bond donors (Lipinski definition) is 1. The van der Waals surface area contributed by atoms with Gasteiger partial charge >= 0.3 is 5.97 Å². The number of likely N-dealkylation sites (N-methyl/N-ethyl adjacent to an activating group) is 1. The van der Waals surface area contributed by atoms with Crippen molar-refractivity contribution >= 4 is 5.97 Å². The van der Waals surface area contributed by atoms with Gasteiger partial charge in [0.15, 0.2) is 0 Å². The second-order valence-corrected chi connectivity index (χ2v) is 2.88. The van der Waals surface area contributed by atoms with Crippen molar-refractivity contribution in [1.82, 2.24) is 5.32 Å². The summed E-state index contributed by atoms with van der Waals surface area (Å²) in [4.78, 5) is 11.2. The van der Waals surface area contributed by atoms with Gasteiger partial charge in [-0.25, -0.2) is 13.6 Å². The second kappa shape index (κ2) is 4.84. The highest BCUT2D eigenvalue weighted by atomic mass is 19.1. The normalized spacial score (nSPS) is 12.3. The van der Waals surface area contributed by atoms with Crippen LogP contribution in [0.4, 0.5) is 8.78 Å². The predicted octanol–water partition coefficient (Wildman–Crippen LogP) is 1.40. The topological polar surface area (TPSA) is 38.3 Å². The SMILES string of the molecule is CNC(C(=O)OC)c1c(F)cccc1F. The van der Waals surface area contributed by atoms with E-state index in [2.05, 4.69) is 10.1 Å². The van der Waals surface area contributed by atoms with E-state index in [1.165, 1.54) is 13.1 Å². The van der Waals surface area contributed by atoms with Gasteiger partial charge in [0.1, 0.15) is 17.7 Å². The molecule has 0 aromatic heterocycles. The summed E-state index contributed by atoms with van der Waals surface area (Å²) in [5, 5.41) is 2.50. The fraction of sp³-hybridized carbons (Fsp3) is 0.300. The smallest absolute Gasteiger partial charge is 0.327 e. The van der Waals surface area contributed by atoms with Crippen molar-refractivity contribution in [1.29, 1.82) is 0 Å². The molecule has 0 heterocycles. The molecule has 1 N–H and O–H groups in total. The van der Waals surface area contributed by atoms with Crippen LogP contribution in [0.3, 0.4) is 0 Å². The van der Waals surface area contributed by atoms with Crippen LogP contribution in [0.2, 0.25) is 0 Å². The first-order chi connectivity index (χ1) is 7.11. The Labute approximate surface area is 86.0 Å². The average molecular weight is 215 g/mol. The molecule has 1 unspecified atom stereocenters. The van der Waals surface area contributed by atoms with Crippen LogP contribution in [-0.4, -0.2) is 20.1 Å². The number of benzene rings is 1. The van der Waals surface area contributed by atoms with Crippen molar-refractivity contribution in [2.24, 2.45) is 0 Å². The van der Waals surface area contributed by atoms with Gasteiger partial charge in [-0.05, 0) is 19.2 Å². The molecule has 3 nitrogen and oxygen atoms in total. The largest absolute Gasteiger partial charge is 0.468 e. The number of halogens is 2. The summed E-state index contributed by atoms with van der Waals surface area (Å²) < 4.78 is 31.0. The molecule has 1 aromatic carbocycles. The molecule has 0 aliphatic rings. The molecule has 0 radical (unpaired) electrons. The highest BCUT2D eigenvalue weighted by Gasteiger charge is 2.25. The molecule has 0 amide bonds. The van der Waals surface area contributed by atoms with Crippen LogP contribution in [0.1, 0.15) is 11.6 Å². The number of carbonyl (C=O) groups excluding carboxylic acids is 1. The first kappa shape index (κ1) is 11.6. The number of carbonyl (C=O) groups is 1.